The third-order valence-corrected chi connectivity index (χ3v) is 20.6. The lowest BCUT2D eigenvalue weighted by atomic mass is 9.79. The van der Waals surface area contributed by atoms with Gasteiger partial charge in [0.2, 0.25) is 0 Å². The van der Waals surface area contributed by atoms with Gasteiger partial charge in [0.25, 0.3) is 0 Å². The Morgan fingerprint density at radius 1 is 0.204 bits per heavy atom. The van der Waals surface area contributed by atoms with Gasteiger partial charge >= 0.3 is 0 Å². The molecule has 0 unspecified atom stereocenters. The van der Waals surface area contributed by atoms with Crippen LogP contribution in [0.2, 0.25) is 0 Å². The fraction of sp³-hybridized carbons (Fsp3) is 0. The zero-order chi connectivity index (χ0) is 68.5. The average Bonchev–Trinajstić information content (AvgIpc) is 1.55. The summed E-state index contributed by atoms with van der Waals surface area (Å²) in [7, 11) is 0. The predicted octanol–water partition coefficient (Wildman–Crippen LogP) is 26.2. The van der Waals surface area contributed by atoms with Gasteiger partial charge in [0.15, 0.2) is 0 Å². The quantitative estimate of drug-likeness (QED) is 0.122. The molecular formula is C98H60N4O. The molecule has 5 nitrogen and oxygen atoms in total. The van der Waals surface area contributed by atoms with Crippen molar-refractivity contribution in [2.45, 2.75) is 0 Å². The van der Waals surface area contributed by atoms with E-state index in [0.717, 1.165) is 166 Å². The van der Waals surface area contributed by atoms with Crippen molar-refractivity contribution in [3.63, 3.8) is 0 Å². The number of hydrogen-bond acceptors (Lipinski definition) is 3. The molecule has 0 spiro atoms. The van der Waals surface area contributed by atoms with Crippen molar-refractivity contribution in [3.05, 3.63) is 375 Å². The van der Waals surface area contributed by atoms with Gasteiger partial charge in [0.1, 0.15) is 11.2 Å². The van der Waals surface area contributed by atoms with Crippen LogP contribution >= 0.6 is 0 Å². The van der Waals surface area contributed by atoms with E-state index in [4.69, 9.17) is 4.42 Å². The first-order valence-electron chi connectivity index (χ1n) is 34.8. The largest absolute Gasteiger partial charge is 0.455 e. The Morgan fingerprint density at radius 2 is 0.476 bits per heavy atom. The van der Waals surface area contributed by atoms with Crippen molar-refractivity contribution < 1.29 is 4.42 Å². The minimum atomic E-state index is 0.333. The average molecular weight is 1310 g/mol. The van der Waals surface area contributed by atoms with E-state index in [1.165, 1.54) is 0 Å². The van der Waals surface area contributed by atoms with E-state index in [-0.39, 0.29) is 0 Å². The highest BCUT2D eigenvalue weighted by molar-refractivity contribution is 6.31. The molecule has 478 valence electrons. The van der Waals surface area contributed by atoms with Crippen LogP contribution in [0, 0.1) is 22.7 Å². The number of nitriles is 2. The number of furan rings is 1. The Bertz CT molecular complexity index is 6380. The Labute approximate surface area is 595 Å². The minimum Gasteiger partial charge on any atom is -0.455 e. The molecule has 0 aliphatic carbocycles. The van der Waals surface area contributed by atoms with Gasteiger partial charge < -0.3 is 13.6 Å². The molecule has 3 aromatic heterocycles. The predicted molar refractivity (Wildman–Crippen MR) is 426 cm³/mol. The summed E-state index contributed by atoms with van der Waals surface area (Å²) in [5.74, 6) is 0. The van der Waals surface area contributed by atoms with Crippen LogP contribution in [0.1, 0.15) is 11.1 Å². The van der Waals surface area contributed by atoms with Crippen LogP contribution < -0.4 is 0 Å². The molecule has 5 heteroatoms. The molecule has 3 heterocycles. The standard InChI is InChI=1S/C98H60N4O/c99-61-76-47-28-48-77(62-100)86(76)92-90(70-43-24-8-25-44-70)95(101-82-53-49-72(63-29-10-1-11-30-63)57-78(82)79-58-73(50-54-83(79)101)64-31-12-2-13-32-64)96(102-84-55-51-74(65-33-14-3-15-34-65)59-80(84)81-60-75(52-56-85(81)102)66-35-16-4-17-36-66)94-93-89(69-41-22-7-23-42-69)87(67-37-18-5-19-38-67)88(68-39-20-6-21-40-68)91(97(93)103-98(92)94)71-45-26-9-27-46-71/h1-60H. The normalized spacial score (nSPS) is 11.5. The van der Waals surface area contributed by atoms with Crippen molar-refractivity contribution in [1.82, 2.24) is 9.13 Å². The molecule has 0 saturated heterocycles. The number of fused-ring (bicyclic) bond motifs is 9. The molecule has 0 aliphatic heterocycles. The van der Waals surface area contributed by atoms with E-state index in [9.17, 15) is 10.5 Å². The molecule has 16 aromatic carbocycles. The van der Waals surface area contributed by atoms with Crippen LogP contribution in [-0.2, 0) is 0 Å². The molecule has 0 saturated carbocycles. The SMILES string of the molecule is N#Cc1cccc(C#N)c1-c1c(-c2ccccc2)c(-n2c3ccc(-c4ccccc4)cc3c3cc(-c4ccccc4)ccc32)c(-n2c3ccc(-c4ccccc4)cc3c3cc(-c4ccccc4)ccc32)c2c1oc1c(-c3ccccc3)c(-c3ccccc3)c(-c3ccccc3)c(-c3ccccc3)c12. The number of nitrogens with zero attached hydrogens (tertiary/aromatic N) is 4. The van der Waals surface area contributed by atoms with Gasteiger partial charge in [-0.2, -0.15) is 10.5 Å². The van der Waals surface area contributed by atoms with Crippen LogP contribution in [0.25, 0.3) is 188 Å². The van der Waals surface area contributed by atoms with E-state index in [1.54, 1.807) is 0 Å². The monoisotopic (exact) mass is 1310 g/mol. The Balaban J connectivity index is 1.15. The molecule has 19 aromatic rings. The Hall–Kier alpha value is -14.1. The summed E-state index contributed by atoms with van der Waals surface area (Å²) in [5, 5.41) is 29.7. The summed E-state index contributed by atoms with van der Waals surface area (Å²) in [6.45, 7) is 0. The van der Waals surface area contributed by atoms with Gasteiger partial charge in [-0.1, -0.05) is 303 Å². The van der Waals surface area contributed by atoms with Crippen LogP contribution in [0.3, 0.4) is 0 Å². The molecule has 19 rings (SSSR count). The molecule has 103 heavy (non-hydrogen) atoms. The lowest BCUT2D eigenvalue weighted by molar-refractivity contribution is 0.671. The molecule has 0 bridgehead atoms. The van der Waals surface area contributed by atoms with E-state index in [2.05, 4.69) is 367 Å². The first kappa shape index (κ1) is 60.1. The lowest BCUT2D eigenvalue weighted by Crippen LogP contribution is -2.09. The molecule has 0 aliphatic rings. The Kier molecular flexibility index (Phi) is 14.6. The lowest BCUT2D eigenvalue weighted by Gasteiger charge is -2.26. The van der Waals surface area contributed by atoms with Crippen LogP contribution in [-0.4, -0.2) is 9.13 Å². The number of benzene rings is 16. The van der Waals surface area contributed by atoms with Gasteiger partial charge in [-0.15, -0.1) is 0 Å². The molecule has 0 radical (unpaired) electrons. The number of rotatable bonds is 12. The zero-order valence-electron chi connectivity index (χ0n) is 55.8. The van der Waals surface area contributed by atoms with Crippen LogP contribution in [0.4, 0.5) is 0 Å². The first-order valence-corrected chi connectivity index (χ1v) is 34.8. The van der Waals surface area contributed by atoms with E-state index >= 15 is 0 Å². The maximum atomic E-state index is 11.9. The van der Waals surface area contributed by atoms with Crippen LogP contribution in [0.15, 0.2) is 368 Å². The second-order valence-corrected chi connectivity index (χ2v) is 26.3. The van der Waals surface area contributed by atoms with Crippen molar-refractivity contribution in [1.29, 1.82) is 10.5 Å². The highest BCUT2D eigenvalue weighted by Crippen LogP contribution is 2.60. The maximum Gasteiger partial charge on any atom is 0.146 e. The molecule has 0 amide bonds. The summed E-state index contributed by atoms with van der Waals surface area (Å²) in [4.78, 5) is 0. The second kappa shape index (κ2) is 25.0. The summed E-state index contributed by atoms with van der Waals surface area (Å²) in [6, 6.07) is 135. The molecule has 0 atom stereocenters. The smallest absolute Gasteiger partial charge is 0.146 e. The fourth-order valence-electron chi connectivity index (χ4n) is 16.1. The highest BCUT2D eigenvalue weighted by Gasteiger charge is 2.37. The van der Waals surface area contributed by atoms with Gasteiger partial charge in [0.05, 0.1) is 62.1 Å². The second-order valence-electron chi connectivity index (χ2n) is 26.3. The molecule has 0 N–H and O–H groups in total. The summed E-state index contributed by atoms with van der Waals surface area (Å²) >= 11 is 0. The highest BCUT2D eigenvalue weighted by atomic mass is 16.3. The third kappa shape index (κ3) is 9.90. The summed E-state index contributed by atoms with van der Waals surface area (Å²) < 4.78 is 13.5. The Morgan fingerprint density at radius 3 is 0.806 bits per heavy atom. The van der Waals surface area contributed by atoms with Crippen molar-refractivity contribution in [2.24, 2.45) is 0 Å². The van der Waals surface area contributed by atoms with E-state index < -0.39 is 0 Å². The number of hydrogen-bond donors (Lipinski definition) is 0. The third-order valence-electron chi connectivity index (χ3n) is 20.6. The van der Waals surface area contributed by atoms with Gasteiger partial charge in [-0.3, -0.25) is 0 Å². The molecule has 0 fully saturated rings. The minimum absolute atomic E-state index is 0.333. The van der Waals surface area contributed by atoms with Crippen LogP contribution in [0.5, 0.6) is 0 Å². The van der Waals surface area contributed by atoms with Gasteiger partial charge in [-0.05, 0) is 139 Å². The van der Waals surface area contributed by atoms with E-state index in [1.807, 2.05) is 18.2 Å². The fourth-order valence-corrected chi connectivity index (χ4v) is 16.1. The van der Waals surface area contributed by atoms with Gasteiger partial charge in [0, 0.05) is 60.3 Å². The topological polar surface area (TPSA) is 70.6 Å². The zero-order valence-corrected chi connectivity index (χ0v) is 55.8. The van der Waals surface area contributed by atoms with Gasteiger partial charge in [-0.25, -0.2) is 0 Å². The molecular weight excluding hydrogens is 1250 g/mol. The van der Waals surface area contributed by atoms with Crippen molar-refractivity contribution >= 4 is 65.6 Å². The van der Waals surface area contributed by atoms with Crippen molar-refractivity contribution in [2.75, 3.05) is 0 Å². The summed E-state index contributed by atoms with van der Waals surface area (Å²) in [5.41, 5.74) is 26.6. The maximum absolute atomic E-state index is 11.9. The number of aromatic nitrogens is 2. The summed E-state index contributed by atoms with van der Waals surface area (Å²) in [6.07, 6.45) is 0. The van der Waals surface area contributed by atoms with Crippen molar-refractivity contribution in [3.8, 4) is 135 Å². The van der Waals surface area contributed by atoms with E-state index in [0.29, 0.717) is 33.4 Å². The first-order chi connectivity index (χ1) is 51.1.